The SMILES string of the molecule is COc1cc(Cl)c2nc(Br)sc2c1F. The third-order valence-corrected chi connectivity index (χ3v) is 3.51. The summed E-state index contributed by atoms with van der Waals surface area (Å²) in [7, 11) is 1.40. The van der Waals surface area contributed by atoms with Gasteiger partial charge in [-0.1, -0.05) is 11.6 Å². The minimum atomic E-state index is -0.421. The van der Waals surface area contributed by atoms with Gasteiger partial charge in [-0.15, -0.1) is 11.3 Å². The molecule has 74 valence electrons. The van der Waals surface area contributed by atoms with Gasteiger partial charge in [-0.2, -0.15) is 0 Å². The molecule has 1 aromatic heterocycles. The fraction of sp³-hybridized carbons (Fsp3) is 0.125. The Hall–Kier alpha value is -0.390. The van der Waals surface area contributed by atoms with E-state index in [4.69, 9.17) is 16.3 Å². The van der Waals surface area contributed by atoms with E-state index >= 15 is 0 Å². The Morgan fingerprint density at radius 1 is 1.64 bits per heavy atom. The third kappa shape index (κ3) is 1.49. The monoisotopic (exact) mass is 295 g/mol. The first kappa shape index (κ1) is 10.1. The summed E-state index contributed by atoms with van der Waals surface area (Å²) in [6.07, 6.45) is 0. The van der Waals surface area contributed by atoms with E-state index in [1.807, 2.05) is 0 Å². The van der Waals surface area contributed by atoms with Crippen LogP contribution in [0, 0.1) is 5.82 Å². The number of benzene rings is 1. The Balaban J connectivity index is 2.86. The highest BCUT2D eigenvalue weighted by Crippen LogP contribution is 2.37. The average Bonchev–Trinajstić information content (AvgIpc) is 2.54. The molecule has 0 spiro atoms. The number of hydrogen-bond acceptors (Lipinski definition) is 3. The topological polar surface area (TPSA) is 22.1 Å². The first-order valence-electron chi connectivity index (χ1n) is 3.61. The van der Waals surface area contributed by atoms with Crippen molar-refractivity contribution in [2.24, 2.45) is 0 Å². The van der Waals surface area contributed by atoms with Crippen molar-refractivity contribution < 1.29 is 9.13 Å². The van der Waals surface area contributed by atoms with Crippen LogP contribution in [0.15, 0.2) is 9.98 Å². The Morgan fingerprint density at radius 3 is 3.00 bits per heavy atom. The van der Waals surface area contributed by atoms with Crippen LogP contribution in [-0.2, 0) is 0 Å². The molecule has 0 fully saturated rings. The quantitative estimate of drug-likeness (QED) is 0.797. The molecule has 0 N–H and O–H groups in total. The molecule has 1 heterocycles. The van der Waals surface area contributed by atoms with Crippen LogP contribution in [0.25, 0.3) is 10.2 Å². The molecule has 0 amide bonds. The first-order valence-corrected chi connectivity index (χ1v) is 5.60. The molecule has 0 atom stereocenters. The van der Waals surface area contributed by atoms with E-state index in [0.29, 0.717) is 19.2 Å². The van der Waals surface area contributed by atoms with Crippen LogP contribution >= 0.6 is 38.9 Å². The van der Waals surface area contributed by atoms with E-state index in [1.165, 1.54) is 24.5 Å². The van der Waals surface area contributed by atoms with Crippen LogP contribution in [0.2, 0.25) is 5.02 Å². The molecule has 0 aliphatic carbocycles. The van der Waals surface area contributed by atoms with Gasteiger partial charge in [-0.25, -0.2) is 9.37 Å². The standard InChI is InChI=1S/C8H4BrClFNOS/c1-13-4-2-3(10)6-7(5(4)11)14-8(9)12-6/h2H,1H3. The fourth-order valence-electron chi connectivity index (χ4n) is 1.11. The van der Waals surface area contributed by atoms with Gasteiger partial charge in [0.25, 0.3) is 0 Å². The number of ether oxygens (including phenoxy) is 1. The summed E-state index contributed by atoms with van der Waals surface area (Å²) in [6, 6.07) is 1.42. The van der Waals surface area contributed by atoms with Crippen molar-refractivity contribution in [3.05, 3.63) is 20.8 Å². The van der Waals surface area contributed by atoms with Crippen LogP contribution in [0.1, 0.15) is 0 Å². The summed E-state index contributed by atoms with van der Waals surface area (Å²) >= 11 is 10.3. The molecular weight excluding hydrogens is 293 g/mol. The van der Waals surface area contributed by atoms with Crippen molar-refractivity contribution in [3.63, 3.8) is 0 Å². The summed E-state index contributed by atoms with van der Waals surface area (Å²) < 4.78 is 19.5. The minimum Gasteiger partial charge on any atom is -0.494 e. The molecule has 6 heteroatoms. The Kier molecular flexibility index (Phi) is 2.64. The van der Waals surface area contributed by atoms with E-state index in [9.17, 15) is 4.39 Å². The third-order valence-electron chi connectivity index (χ3n) is 1.72. The van der Waals surface area contributed by atoms with Crippen LogP contribution in [0.5, 0.6) is 5.75 Å². The van der Waals surface area contributed by atoms with E-state index in [0.717, 1.165) is 0 Å². The van der Waals surface area contributed by atoms with Crippen molar-refractivity contribution in [2.45, 2.75) is 0 Å². The second-order valence-corrected chi connectivity index (χ2v) is 5.20. The summed E-state index contributed by atoms with van der Waals surface area (Å²) in [5.41, 5.74) is 0.460. The van der Waals surface area contributed by atoms with E-state index in [-0.39, 0.29) is 5.75 Å². The van der Waals surface area contributed by atoms with E-state index < -0.39 is 5.82 Å². The van der Waals surface area contributed by atoms with Crippen molar-refractivity contribution in [1.82, 2.24) is 4.98 Å². The summed E-state index contributed by atoms with van der Waals surface area (Å²) in [6.45, 7) is 0. The lowest BCUT2D eigenvalue weighted by atomic mass is 10.3. The van der Waals surface area contributed by atoms with Crippen LogP contribution in [0.4, 0.5) is 4.39 Å². The normalized spacial score (nSPS) is 10.9. The zero-order chi connectivity index (χ0) is 10.3. The number of fused-ring (bicyclic) bond motifs is 1. The lowest BCUT2D eigenvalue weighted by Crippen LogP contribution is -1.88. The highest BCUT2D eigenvalue weighted by molar-refractivity contribution is 9.11. The van der Waals surface area contributed by atoms with Crippen LogP contribution in [-0.4, -0.2) is 12.1 Å². The van der Waals surface area contributed by atoms with Crippen LogP contribution in [0.3, 0.4) is 0 Å². The average molecular weight is 297 g/mol. The van der Waals surface area contributed by atoms with Gasteiger partial charge in [0.05, 0.1) is 16.8 Å². The van der Waals surface area contributed by atoms with Gasteiger partial charge in [-0.05, 0) is 15.9 Å². The van der Waals surface area contributed by atoms with Crippen LogP contribution < -0.4 is 4.74 Å². The molecule has 0 unspecified atom stereocenters. The predicted molar refractivity (Wildman–Crippen MR) is 58.8 cm³/mol. The lowest BCUT2D eigenvalue weighted by molar-refractivity contribution is 0.389. The molecule has 0 saturated carbocycles. The number of rotatable bonds is 1. The molecule has 2 rings (SSSR count). The maximum atomic E-state index is 13.6. The number of nitrogens with zero attached hydrogens (tertiary/aromatic N) is 1. The highest BCUT2D eigenvalue weighted by Gasteiger charge is 2.15. The molecule has 0 bridgehead atoms. The van der Waals surface area contributed by atoms with Gasteiger partial charge in [0.2, 0.25) is 0 Å². The number of aromatic nitrogens is 1. The van der Waals surface area contributed by atoms with Gasteiger partial charge in [-0.3, -0.25) is 0 Å². The molecule has 2 nitrogen and oxygen atoms in total. The predicted octanol–water partition coefficient (Wildman–Crippen LogP) is 3.86. The molecule has 0 radical (unpaired) electrons. The molecule has 0 saturated heterocycles. The number of methoxy groups -OCH3 is 1. The summed E-state index contributed by atoms with van der Waals surface area (Å²) in [5, 5.41) is 0.389. The number of hydrogen-bond donors (Lipinski definition) is 0. The maximum Gasteiger partial charge on any atom is 0.184 e. The highest BCUT2D eigenvalue weighted by atomic mass is 79.9. The maximum absolute atomic E-state index is 13.6. The van der Waals surface area contributed by atoms with Crippen molar-refractivity contribution in [1.29, 1.82) is 0 Å². The van der Waals surface area contributed by atoms with Gasteiger partial charge >= 0.3 is 0 Å². The van der Waals surface area contributed by atoms with Gasteiger partial charge < -0.3 is 4.74 Å². The lowest BCUT2D eigenvalue weighted by Gasteiger charge is -2.02. The Labute approximate surface area is 96.8 Å². The Bertz CT molecular complexity index is 502. The molecular formula is C8H4BrClFNOS. The van der Waals surface area contributed by atoms with Gasteiger partial charge in [0.15, 0.2) is 15.5 Å². The summed E-state index contributed by atoms with van der Waals surface area (Å²) in [5.74, 6) is -0.284. The summed E-state index contributed by atoms with van der Waals surface area (Å²) in [4.78, 5) is 4.06. The van der Waals surface area contributed by atoms with Crippen molar-refractivity contribution in [3.8, 4) is 5.75 Å². The van der Waals surface area contributed by atoms with E-state index in [1.54, 1.807) is 0 Å². The molecule has 2 aromatic rings. The molecule has 1 aromatic carbocycles. The molecule has 14 heavy (non-hydrogen) atoms. The zero-order valence-corrected chi connectivity index (χ0v) is 10.1. The second-order valence-electron chi connectivity index (χ2n) is 2.52. The van der Waals surface area contributed by atoms with Crippen molar-refractivity contribution in [2.75, 3.05) is 7.11 Å². The number of halogens is 3. The Morgan fingerprint density at radius 2 is 2.36 bits per heavy atom. The smallest absolute Gasteiger partial charge is 0.184 e. The second kappa shape index (κ2) is 3.64. The molecule has 0 aliphatic rings. The van der Waals surface area contributed by atoms with Gasteiger partial charge in [0, 0.05) is 6.07 Å². The fourth-order valence-corrected chi connectivity index (χ4v) is 2.81. The largest absolute Gasteiger partial charge is 0.494 e. The zero-order valence-electron chi connectivity index (χ0n) is 6.97. The number of thiazole rings is 1. The van der Waals surface area contributed by atoms with Crippen molar-refractivity contribution >= 4 is 49.1 Å². The first-order chi connectivity index (χ1) is 6.63. The molecule has 0 aliphatic heterocycles. The van der Waals surface area contributed by atoms with E-state index in [2.05, 4.69) is 20.9 Å². The minimum absolute atomic E-state index is 0.138. The van der Waals surface area contributed by atoms with Gasteiger partial charge in [0.1, 0.15) is 5.52 Å².